The first kappa shape index (κ1) is 18.2. The summed E-state index contributed by atoms with van der Waals surface area (Å²) in [6.07, 6.45) is 2.01. The van der Waals surface area contributed by atoms with E-state index < -0.39 is 6.04 Å². The summed E-state index contributed by atoms with van der Waals surface area (Å²) in [4.78, 5) is 26.6. The van der Waals surface area contributed by atoms with Gasteiger partial charge in [0.2, 0.25) is 5.91 Å². The molecule has 0 aliphatic carbocycles. The van der Waals surface area contributed by atoms with Crippen molar-refractivity contribution >= 4 is 11.8 Å². The van der Waals surface area contributed by atoms with Crippen molar-refractivity contribution in [2.45, 2.75) is 46.6 Å². The number of benzene rings is 1. The van der Waals surface area contributed by atoms with Crippen LogP contribution in [0.2, 0.25) is 0 Å². The maximum absolute atomic E-state index is 12.5. The Morgan fingerprint density at radius 3 is 2.27 bits per heavy atom. The van der Waals surface area contributed by atoms with Crippen LogP contribution in [0.1, 0.15) is 49.5 Å². The highest BCUT2D eigenvalue weighted by Crippen LogP contribution is 2.09. The van der Waals surface area contributed by atoms with Gasteiger partial charge < -0.3 is 10.2 Å². The van der Waals surface area contributed by atoms with Gasteiger partial charge in [-0.2, -0.15) is 0 Å². The first-order valence-corrected chi connectivity index (χ1v) is 7.99. The summed E-state index contributed by atoms with van der Waals surface area (Å²) < 4.78 is 0. The van der Waals surface area contributed by atoms with E-state index in [1.807, 2.05) is 32.9 Å². The normalized spacial score (nSPS) is 12.1. The van der Waals surface area contributed by atoms with E-state index in [4.69, 9.17) is 0 Å². The van der Waals surface area contributed by atoms with Crippen LogP contribution in [-0.2, 0) is 4.79 Å². The number of nitrogens with one attached hydrogen (secondary N) is 1. The van der Waals surface area contributed by atoms with Crippen molar-refractivity contribution < 1.29 is 9.59 Å². The molecule has 122 valence electrons. The average molecular weight is 304 g/mol. The molecule has 1 N–H and O–H groups in total. The molecule has 4 nitrogen and oxygen atoms in total. The second-order valence-electron chi connectivity index (χ2n) is 6.17. The standard InChI is InChI=1S/C18H28N2O2/c1-6-7-12-20(5)18(22)16(13(2)3)19-17(21)15-10-8-14(4)9-11-15/h8-11,13,16H,6-7,12H2,1-5H3,(H,19,21). The van der Waals surface area contributed by atoms with Crippen LogP contribution in [0, 0.1) is 12.8 Å². The van der Waals surface area contributed by atoms with Gasteiger partial charge in [-0.25, -0.2) is 0 Å². The lowest BCUT2D eigenvalue weighted by atomic mass is 10.0. The molecule has 1 aromatic carbocycles. The van der Waals surface area contributed by atoms with Crippen LogP contribution in [0.25, 0.3) is 0 Å². The number of nitrogens with zero attached hydrogens (tertiary/aromatic N) is 1. The Bertz CT molecular complexity index is 494. The Balaban J connectivity index is 2.77. The van der Waals surface area contributed by atoms with Crippen LogP contribution in [0.4, 0.5) is 0 Å². The second kappa shape index (κ2) is 8.57. The van der Waals surface area contributed by atoms with Gasteiger partial charge in [-0.3, -0.25) is 9.59 Å². The quantitative estimate of drug-likeness (QED) is 0.842. The molecule has 0 saturated carbocycles. The summed E-state index contributed by atoms with van der Waals surface area (Å²) >= 11 is 0. The van der Waals surface area contributed by atoms with Crippen molar-refractivity contribution in [1.29, 1.82) is 0 Å². The van der Waals surface area contributed by atoms with Crippen molar-refractivity contribution in [3.8, 4) is 0 Å². The SMILES string of the molecule is CCCCN(C)C(=O)C(NC(=O)c1ccc(C)cc1)C(C)C. The molecule has 0 heterocycles. The largest absolute Gasteiger partial charge is 0.344 e. The smallest absolute Gasteiger partial charge is 0.251 e. The lowest BCUT2D eigenvalue weighted by Gasteiger charge is -2.27. The van der Waals surface area contributed by atoms with Crippen LogP contribution in [0.3, 0.4) is 0 Å². The highest BCUT2D eigenvalue weighted by molar-refractivity contribution is 5.97. The van der Waals surface area contributed by atoms with Gasteiger partial charge in [0.1, 0.15) is 6.04 Å². The van der Waals surface area contributed by atoms with Gasteiger partial charge in [0, 0.05) is 19.2 Å². The van der Waals surface area contributed by atoms with Crippen molar-refractivity contribution in [3.05, 3.63) is 35.4 Å². The molecule has 0 radical (unpaired) electrons. The fourth-order valence-corrected chi connectivity index (χ4v) is 2.19. The van der Waals surface area contributed by atoms with E-state index in [1.54, 1.807) is 24.1 Å². The predicted molar refractivity (Wildman–Crippen MR) is 89.8 cm³/mol. The maximum atomic E-state index is 12.5. The van der Waals surface area contributed by atoms with Gasteiger partial charge in [-0.05, 0) is 31.4 Å². The van der Waals surface area contributed by atoms with Gasteiger partial charge in [0.05, 0.1) is 0 Å². The first-order valence-electron chi connectivity index (χ1n) is 7.99. The zero-order valence-electron chi connectivity index (χ0n) is 14.3. The third kappa shape index (κ3) is 5.17. The Hall–Kier alpha value is -1.84. The number of rotatable bonds is 7. The summed E-state index contributed by atoms with van der Waals surface area (Å²) in [5, 5.41) is 2.88. The van der Waals surface area contributed by atoms with Crippen LogP contribution < -0.4 is 5.32 Å². The minimum atomic E-state index is -0.490. The third-order valence-corrected chi connectivity index (χ3v) is 3.76. The number of likely N-dealkylation sites (N-methyl/N-ethyl adjacent to an activating group) is 1. The van der Waals surface area contributed by atoms with Crippen LogP contribution >= 0.6 is 0 Å². The highest BCUT2D eigenvalue weighted by atomic mass is 16.2. The lowest BCUT2D eigenvalue weighted by Crippen LogP contribution is -2.50. The van der Waals surface area contributed by atoms with E-state index >= 15 is 0 Å². The van der Waals surface area contributed by atoms with E-state index in [9.17, 15) is 9.59 Å². The summed E-state index contributed by atoms with van der Waals surface area (Å²) in [7, 11) is 1.80. The molecule has 1 unspecified atom stereocenters. The minimum Gasteiger partial charge on any atom is -0.344 e. The number of carbonyl (C=O) groups is 2. The zero-order chi connectivity index (χ0) is 16.7. The topological polar surface area (TPSA) is 49.4 Å². The van der Waals surface area contributed by atoms with Crippen molar-refractivity contribution in [1.82, 2.24) is 10.2 Å². The molecule has 22 heavy (non-hydrogen) atoms. The van der Waals surface area contributed by atoms with Gasteiger partial charge in [0.15, 0.2) is 0 Å². The number of amides is 2. The average Bonchev–Trinajstić information content (AvgIpc) is 2.49. The molecule has 1 rings (SSSR count). The van der Waals surface area contributed by atoms with E-state index in [-0.39, 0.29) is 17.7 Å². The number of hydrogen-bond donors (Lipinski definition) is 1. The first-order chi connectivity index (χ1) is 10.4. The predicted octanol–water partition coefficient (Wildman–Crippen LogP) is 3.01. The molecule has 0 bridgehead atoms. The highest BCUT2D eigenvalue weighted by Gasteiger charge is 2.27. The molecule has 0 aromatic heterocycles. The van der Waals surface area contributed by atoms with Crippen LogP contribution in [0.5, 0.6) is 0 Å². The third-order valence-electron chi connectivity index (χ3n) is 3.76. The van der Waals surface area contributed by atoms with E-state index in [2.05, 4.69) is 12.2 Å². The fourth-order valence-electron chi connectivity index (χ4n) is 2.19. The Morgan fingerprint density at radius 2 is 1.77 bits per heavy atom. The molecule has 0 aliphatic heterocycles. The number of carbonyl (C=O) groups excluding carboxylic acids is 2. The molecular weight excluding hydrogens is 276 g/mol. The lowest BCUT2D eigenvalue weighted by molar-refractivity contribution is -0.133. The summed E-state index contributed by atoms with van der Waals surface area (Å²) in [5.74, 6) is -0.175. The fraction of sp³-hybridized carbons (Fsp3) is 0.556. The van der Waals surface area contributed by atoms with Gasteiger partial charge in [-0.15, -0.1) is 0 Å². The van der Waals surface area contributed by atoms with Crippen LogP contribution in [-0.4, -0.2) is 36.3 Å². The van der Waals surface area contributed by atoms with Crippen molar-refractivity contribution in [2.24, 2.45) is 5.92 Å². The van der Waals surface area contributed by atoms with Gasteiger partial charge in [0.25, 0.3) is 5.91 Å². The maximum Gasteiger partial charge on any atom is 0.251 e. The van der Waals surface area contributed by atoms with Crippen molar-refractivity contribution in [3.63, 3.8) is 0 Å². The number of aryl methyl sites for hydroxylation is 1. The van der Waals surface area contributed by atoms with Crippen LogP contribution in [0.15, 0.2) is 24.3 Å². The van der Waals surface area contributed by atoms with Crippen molar-refractivity contribution in [2.75, 3.05) is 13.6 Å². The molecular formula is C18H28N2O2. The summed E-state index contributed by atoms with van der Waals surface area (Å²) in [5.41, 5.74) is 1.69. The molecule has 0 spiro atoms. The van der Waals surface area contributed by atoms with E-state index in [1.165, 1.54) is 0 Å². The summed E-state index contributed by atoms with van der Waals surface area (Å²) in [6.45, 7) is 8.69. The molecule has 2 amide bonds. The second-order valence-corrected chi connectivity index (χ2v) is 6.17. The Kier molecular flexibility index (Phi) is 7.09. The molecule has 1 atom stereocenters. The van der Waals surface area contributed by atoms with Gasteiger partial charge >= 0.3 is 0 Å². The molecule has 4 heteroatoms. The van der Waals surface area contributed by atoms with E-state index in [0.29, 0.717) is 5.56 Å². The number of hydrogen-bond acceptors (Lipinski definition) is 2. The molecule has 0 aliphatic rings. The number of unbranched alkanes of at least 4 members (excludes halogenated alkanes) is 1. The Morgan fingerprint density at radius 1 is 1.18 bits per heavy atom. The molecule has 1 aromatic rings. The zero-order valence-corrected chi connectivity index (χ0v) is 14.3. The molecule has 0 saturated heterocycles. The van der Waals surface area contributed by atoms with Gasteiger partial charge in [-0.1, -0.05) is 44.9 Å². The summed E-state index contributed by atoms with van der Waals surface area (Å²) in [6, 6.07) is 6.87. The Labute approximate surface area is 133 Å². The van der Waals surface area contributed by atoms with E-state index in [0.717, 1.165) is 24.9 Å². The molecule has 0 fully saturated rings. The monoisotopic (exact) mass is 304 g/mol. The minimum absolute atomic E-state index is 0.0242.